The van der Waals surface area contributed by atoms with Gasteiger partial charge in [0.15, 0.2) is 0 Å². The number of esters is 1. The Balaban J connectivity index is -0.000000218. The summed E-state index contributed by atoms with van der Waals surface area (Å²) < 4.78 is 9.49. The molecule has 0 aliphatic carbocycles. The highest BCUT2D eigenvalue weighted by atomic mass is 16.6. The summed E-state index contributed by atoms with van der Waals surface area (Å²) >= 11 is 0. The first-order valence-electron chi connectivity index (χ1n) is 3.98. The van der Waals surface area contributed by atoms with Gasteiger partial charge in [-0.1, -0.05) is 0 Å². The van der Waals surface area contributed by atoms with E-state index in [2.05, 4.69) is 31.1 Å². The highest BCUT2D eigenvalue weighted by Crippen LogP contribution is 1.77. The molecule has 13 heavy (non-hydrogen) atoms. The summed E-state index contributed by atoms with van der Waals surface area (Å²) in [5, 5.41) is 0. The minimum atomic E-state index is -0.255. The van der Waals surface area contributed by atoms with Crippen LogP contribution in [0.5, 0.6) is 0 Å². The summed E-state index contributed by atoms with van der Waals surface area (Å²) in [6, 6.07) is 0. The normalized spacial score (nSPS) is 6.92. The van der Waals surface area contributed by atoms with Gasteiger partial charge in [-0.3, -0.25) is 4.79 Å². The maximum atomic E-state index is 10.1. The molecule has 0 unspecified atom stereocenters. The van der Waals surface area contributed by atoms with E-state index in [4.69, 9.17) is 4.74 Å². The lowest BCUT2D eigenvalue weighted by Gasteiger charge is -1.99. The monoisotopic (exact) mass is 188 g/mol. The van der Waals surface area contributed by atoms with Crippen LogP contribution in [0.3, 0.4) is 0 Å². The first-order chi connectivity index (χ1) is 6.27. The minimum absolute atomic E-state index is 0.255. The van der Waals surface area contributed by atoms with Crippen molar-refractivity contribution in [3.63, 3.8) is 0 Å². The molecule has 0 spiro atoms. The number of carbonyl (C=O) groups is 1. The van der Waals surface area contributed by atoms with E-state index in [1.54, 1.807) is 0 Å². The Morgan fingerprint density at radius 2 is 1.62 bits per heavy atom. The van der Waals surface area contributed by atoms with E-state index >= 15 is 0 Å². The van der Waals surface area contributed by atoms with Crippen molar-refractivity contribution in [1.82, 2.24) is 0 Å². The summed E-state index contributed by atoms with van der Waals surface area (Å²) in [7, 11) is 0. The molecule has 0 aromatic heterocycles. The molecule has 0 aliphatic heterocycles. The summed E-state index contributed by atoms with van der Waals surface area (Å²) in [5.41, 5.74) is 0. The Labute approximate surface area is 81.0 Å². The van der Waals surface area contributed by atoms with Crippen molar-refractivity contribution in [2.24, 2.45) is 0 Å². The molecule has 3 heteroatoms. The first kappa shape index (κ1) is 17.9. The topological polar surface area (TPSA) is 35.5 Å². The van der Waals surface area contributed by atoms with Gasteiger partial charge in [-0.05, 0) is 6.92 Å². The van der Waals surface area contributed by atoms with E-state index in [9.17, 15) is 4.79 Å². The Bertz CT molecular complexity index is 100. The van der Waals surface area contributed by atoms with Crippen LogP contribution in [0.25, 0.3) is 0 Å². The molecule has 0 amide bonds. The van der Waals surface area contributed by atoms with Crippen molar-refractivity contribution in [1.29, 1.82) is 0 Å². The van der Waals surface area contributed by atoms with Gasteiger partial charge in [-0.25, -0.2) is 0 Å². The number of hydrogen-bond acceptors (Lipinski definition) is 3. The molecule has 0 saturated carbocycles. The SMILES string of the molecule is C=C.C=C.CCOCCOC(C)=O. The predicted molar refractivity (Wildman–Crippen MR) is 55.6 cm³/mol. The molecule has 3 nitrogen and oxygen atoms in total. The van der Waals surface area contributed by atoms with Gasteiger partial charge in [0.05, 0.1) is 6.61 Å². The van der Waals surface area contributed by atoms with Gasteiger partial charge in [-0.2, -0.15) is 0 Å². The van der Waals surface area contributed by atoms with Crippen LogP contribution in [-0.2, 0) is 14.3 Å². The van der Waals surface area contributed by atoms with Crippen molar-refractivity contribution in [2.45, 2.75) is 13.8 Å². The number of rotatable bonds is 4. The van der Waals surface area contributed by atoms with E-state index in [0.29, 0.717) is 19.8 Å². The Kier molecular flexibility index (Phi) is 30.8. The van der Waals surface area contributed by atoms with Crippen LogP contribution in [0.4, 0.5) is 0 Å². The molecule has 0 fully saturated rings. The van der Waals surface area contributed by atoms with Crippen LogP contribution in [0, 0.1) is 0 Å². The molecule has 0 saturated heterocycles. The fraction of sp³-hybridized carbons (Fsp3) is 0.500. The zero-order chi connectivity index (χ0) is 11.1. The van der Waals surface area contributed by atoms with E-state index < -0.39 is 0 Å². The average Bonchev–Trinajstić information content (AvgIpc) is 2.19. The predicted octanol–water partition coefficient (Wildman–Crippen LogP) is 2.19. The van der Waals surface area contributed by atoms with Crippen molar-refractivity contribution < 1.29 is 14.3 Å². The number of hydrogen-bond donors (Lipinski definition) is 0. The zero-order valence-electron chi connectivity index (χ0n) is 8.67. The van der Waals surface area contributed by atoms with Crippen molar-refractivity contribution in [3.05, 3.63) is 26.3 Å². The van der Waals surface area contributed by atoms with Gasteiger partial charge < -0.3 is 9.47 Å². The van der Waals surface area contributed by atoms with Gasteiger partial charge >= 0.3 is 5.97 Å². The third-order valence-corrected chi connectivity index (χ3v) is 0.737. The molecule has 0 heterocycles. The second kappa shape index (κ2) is 22.4. The fourth-order valence-electron chi connectivity index (χ4n) is 0.389. The molecule has 0 atom stereocenters. The van der Waals surface area contributed by atoms with Gasteiger partial charge in [0.2, 0.25) is 0 Å². The summed E-state index contributed by atoms with van der Waals surface area (Å²) in [4.78, 5) is 10.1. The lowest BCUT2D eigenvalue weighted by Crippen LogP contribution is -2.06. The van der Waals surface area contributed by atoms with Gasteiger partial charge in [0.25, 0.3) is 0 Å². The number of ether oxygens (including phenoxy) is 2. The van der Waals surface area contributed by atoms with E-state index in [1.165, 1.54) is 6.92 Å². The second-order valence-corrected chi connectivity index (χ2v) is 1.54. The number of carbonyl (C=O) groups excluding carboxylic acids is 1. The standard InChI is InChI=1S/C6H12O3.2C2H4/c1-3-8-4-5-9-6(2)7;2*1-2/h3-5H2,1-2H3;2*1-2H2. The maximum Gasteiger partial charge on any atom is 0.302 e. The lowest BCUT2D eigenvalue weighted by atomic mass is 10.7. The molecule has 0 aliphatic rings. The first-order valence-corrected chi connectivity index (χ1v) is 3.98. The van der Waals surface area contributed by atoms with Crippen LogP contribution in [0.2, 0.25) is 0 Å². The van der Waals surface area contributed by atoms with E-state index in [-0.39, 0.29) is 5.97 Å². The van der Waals surface area contributed by atoms with Crippen LogP contribution in [0.1, 0.15) is 13.8 Å². The summed E-state index contributed by atoms with van der Waals surface area (Å²) in [5.74, 6) is -0.255. The summed E-state index contributed by atoms with van der Waals surface area (Å²) in [6.45, 7) is 16.8. The summed E-state index contributed by atoms with van der Waals surface area (Å²) in [6.07, 6.45) is 0. The third kappa shape index (κ3) is 35.9. The van der Waals surface area contributed by atoms with Gasteiger partial charge in [0, 0.05) is 13.5 Å². The van der Waals surface area contributed by atoms with Crippen LogP contribution < -0.4 is 0 Å². The fourth-order valence-corrected chi connectivity index (χ4v) is 0.389. The maximum absolute atomic E-state index is 10.1. The molecule has 0 aromatic rings. The highest BCUT2D eigenvalue weighted by Gasteiger charge is 1.89. The highest BCUT2D eigenvalue weighted by molar-refractivity contribution is 5.65. The quantitative estimate of drug-likeness (QED) is 0.385. The van der Waals surface area contributed by atoms with Crippen LogP contribution >= 0.6 is 0 Å². The molecule has 78 valence electrons. The smallest absolute Gasteiger partial charge is 0.302 e. The second-order valence-electron chi connectivity index (χ2n) is 1.54. The molecular formula is C10H20O3. The molecule has 0 bridgehead atoms. The van der Waals surface area contributed by atoms with Gasteiger partial charge in [-0.15, -0.1) is 26.3 Å². The van der Waals surface area contributed by atoms with Crippen molar-refractivity contribution in [3.8, 4) is 0 Å². The van der Waals surface area contributed by atoms with Crippen LogP contribution in [0.15, 0.2) is 26.3 Å². The Hall–Kier alpha value is -1.09. The molecule has 0 aromatic carbocycles. The van der Waals surface area contributed by atoms with Crippen LogP contribution in [-0.4, -0.2) is 25.8 Å². The van der Waals surface area contributed by atoms with E-state index in [1.807, 2.05) is 6.92 Å². The Morgan fingerprint density at radius 1 is 1.15 bits per heavy atom. The molecular weight excluding hydrogens is 168 g/mol. The average molecular weight is 188 g/mol. The minimum Gasteiger partial charge on any atom is -0.463 e. The van der Waals surface area contributed by atoms with Crippen molar-refractivity contribution in [2.75, 3.05) is 19.8 Å². The Morgan fingerprint density at radius 3 is 1.92 bits per heavy atom. The van der Waals surface area contributed by atoms with Gasteiger partial charge in [0.1, 0.15) is 6.61 Å². The lowest BCUT2D eigenvalue weighted by molar-refractivity contribution is -0.142. The van der Waals surface area contributed by atoms with Crippen molar-refractivity contribution >= 4 is 5.97 Å². The largest absolute Gasteiger partial charge is 0.463 e. The third-order valence-electron chi connectivity index (χ3n) is 0.737. The van der Waals surface area contributed by atoms with E-state index in [0.717, 1.165) is 0 Å². The molecule has 0 N–H and O–H groups in total. The zero-order valence-corrected chi connectivity index (χ0v) is 8.67. The molecule has 0 rings (SSSR count). The molecule has 0 radical (unpaired) electrons.